The monoisotopic (exact) mass is 307 g/mol. The van der Waals surface area contributed by atoms with Crippen molar-refractivity contribution in [2.24, 2.45) is 17.4 Å². The maximum atomic E-state index is 11.0. The lowest BCUT2D eigenvalue weighted by molar-refractivity contribution is -0.119. The second-order valence-electron chi connectivity index (χ2n) is 5.57. The van der Waals surface area contributed by atoms with Gasteiger partial charge in [0.25, 0.3) is 0 Å². The first-order valence-electron chi connectivity index (χ1n) is 7.07. The molecule has 1 aliphatic rings. The third kappa shape index (κ3) is 3.47. The van der Waals surface area contributed by atoms with Crippen LogP contribution < -0.4 is 16.4 Å². The molecule has 0 spiro atoms. The van der Waals surface area contributed by atoms with E-state index < -0.39 is 0 Å². The Balaban J connectivity index is 2.19. The SMILES string of the molecule is Cc1nnc(N2CCC(CC(N)=O)CC2)c(C(N)=S)c1C. The number of primary amides is 1. The summed E-state index contributed by atoms with van der Waals surface area (Å²) in [5.74, 6) is 0.873. The summed E-state index contributed by atoms with van der Waals surface area (Å²) < 4.78 is 0. The Morgan fingerprint density at radius 1 is 1.29 bits per heavy atom. The Kier molecular flexibility index (Phi) is 4.72. The number of hydrogen-bond acceptors (Lipinski definition) is 5. The van der Waals surface area contributed by atoms with Crippen molar-refractivity contribution >= 4 is 28.9 Å². The number of carbonyl (C=O) groups is 1. The molecule has 7 heteroatoms. The molecule has 0 atom stereocenters. The van der Waals surface area contributed by atoms with Crippen LogP contribution in [-0.4, -0.2) is 34.2 Å². The second-order valence-corrected chi connectivity index (χ2v) is 6.01. The molecule has 6 nitrogen and oxygen atoms in total. The summed E-state index contributed by atoms with van der Waals surface area (Å²) >= 11 is 5.17. The van der Waals surface area contributed by atoms with Gasteiger partial charge in [-0.1, -0.05) is 12.2 Å². The summed E-state index contributed by atoms with van der Waals surface area (Å²) in [6, 6.07) is 0. The van der Waals surface area contributed by atoms with Crippen molar-refractivity contribution in [3.63, 3.8) is 0 Å². The average Bonchev–Trinajstić information content (AvgIpc) is 2.41. The normalized spacial score (nSPS) is 16.0. The molecule has 4 N–H and O–H groups in total. The fraction of sp³-hybridized carbons (Fsp3) is 0.571. The average molecular weight is 307 g/mol. The van der Waals surface area contributed by atoms with Crippen molar-refractivity contribution in [2.75, 3.05) is 18.0 Å². The fourth-order valence-electron chi connectivity index (χ4n) is 2.75. The summed E-state index contributed by atoms with van der Waals surface area (Å²) in [6.45, 7) is 5.48. The quantitative estimate of drug-likeness (QED) is 0.799. The van der Waals surface area contributed by atoms with Crippen molar-refractivity contribution < 1.29 is 4.79 Å². The highest BCUT2D eigenvalue weighted by Gasteiger charge is 2.25. The van der Waals surface area contributed by atoms with Crippen LogP contribution in [0.5, 0.6) is 0 Å². The predicted octanol–water partition coefficient (Wildman–Crippen LogP) is 0.819. The van der Waals surface area contributed by atoms with Gasteiger partial charge in [0.1, 0.15) is 4.99 Å². The van der Waals surface area contributed by atoms with Crippen LogP contribution in [-0.2, 0) is 4.79 Å². The van der Waals surface area contributed by atoms with Gasteiger partial charge in [0.2, 0.25) is 5.91 Å². The molecule has 0 unspecified atom stereocenters. The first-order chi connectivity index (χ1) is 9.90. The highest BCUT2D eigenvalue weighted by atomic mass is 32.1. The largest absolute Gasteiger partial charge is 0.389 e. The van der Waals surface area contributed by atoms with E-state index in [0.29, 0.717) is 17.3 Å². The van der Waals surface area contributed by atoms with Crippen molar-refractivity contribution in [1.29, 1.82) is 0 Å². The van der Waals surface area contributed by atoms with Crippen molar-refractivity contribution in [3.8, 4) is 0 Å². The minimum atomic E-state index is -0.233. The van der Waals surface area contributed by atoms with Gasteiger partial charge in [0, 0.05) is 19.5 Å². The summed E-state index contributed by atoms with van der Waals surface area (Å²) in [5.41, 5.74) is 13.7. The van der Waals surface area contributed by atoms with Gasteiger partial charge < -0.3 is 16.4 Å². The van der Waals surface area contributed by atoms with E-state index in [1.165, 1.54) is 0 Å². The van der Waals surface area contributed by atoms with E-state index in [-0.39, 0.29) is 5.91 Å². The van der Waals surface area contributed by atoms with Crippen LogP contribution in [0.1, 0.15) is 36.1 Å². The second kappa shape index (κ2) is 6.34. The van der Waals surface area contributed by atoms with Gasteiger partial charge >= 0.3 is 0 Å². The van der Waals surface area contributed by atoms with E-state index in [2.05, 4.69) is 15.1 Å². The zero-order valence-electron chi connectivity index (χ0n) is 12.4. The highest BCUT2D eigenvalue weighted by Crippen LogP contribution is 2.27. The maximum absolute atomic E-state index is 11.0. The number of amides is 1. The van der Waals surface area contributed by atoms with Crippen LogP contribution in [0, 0.1) is 19.8 Å². The lowest BCUT2D eigenvalue weighted by Crippen LogP contribution is -2.37. The van der Waals surface area contributed by atoms with Gasteiger partial charge in [-0.3, -0.25) is 4.79 Å². The molecule has 114 valence electrons. The summed E-state index contributed by atoms with van der Waals surface area (Å²) in [4.78, 5) is 13.5. The van der Waals surface area contributed by atoms with E-state index in [1.54, 1.807) is 0 Å². The fourth-order valence-corrected chi connectivity index (χ4v) is 2.99. The van der Waals surface area contributed by atoms with Crippen LogP contribution >= 0.6 is 12.2 Å². The number of piperidine rings is 1. The van der Waals surface area contributed by atoms with Crippen LogP contribution in [0.4, 0.5) is 5.82 Å². The number of hydrogen-bond donors (Lipinski definition) is 2. The zero-order valence-corrected chi connectivity index (χ0v) is 13.2. The van der Waals surface area contributed by atoms with E-state index in [9.17, 15) is 4.79 Å². The molecule has 1 aliphatic heterocycles. The first kappa shape index (κ1) is 15.6. The van der Waals surface area contributed by atoms with Gasteiger partial charge in [0.15, 0.2) is 5.82 Å². The number of aromatic nitrogens is 2. The molecular weight excluding hydrogens is 286 g/mol. The van der Waals surface area contributed by atoms with Crippen molar-refractivity contribution in [2.45, 2.75) is 33.1 Å². The lowest BCUT2D eigenvalue weighted by atomic mass is 9.93. The molecule has 1 aromatic heterocycles. The number of anilines is 1. The Bertz CT molecular complexity index is 567. The molecule has 0 aliphatic carbocycles. The van der Waals surface area contributed by atoms with Crippen LogP contribution in [0.25, 0.3) is 0 Å². The third-order valence-electron chi connectivity index (χ3n) is 4.09. The Morgan fingerprint density at radius 3 is 2.43 bits per heavy atom. The molecule has 2 heterocycles. The maximum Gasteiger partial charge on any atom is 0.217 e. The molecule has 21 heavy (non-hydrogen) atoms. The highest BCUT2D eigenvalue weighted by molar-refractivity contribution is 7.80. The van der Waals surface area contributed by atoms with Crippen molar-refractivity contribution in [1.82, 2.24) is 10.2 Å². The molecule has 2 rings (SSSR count). The predicted molar refractivity (Wildman–Crippen MR) is 86.1 cm³/mol. The molecule has 0 radical (unpaired) electrons. The first-order valence-corrected chi connectivity index (χ1v) is 7.48. The number of nitrogens with zero attached hydrogens (tertiary/aromatic N) is 3. The lowest BCUT2D eigenvalue weighted by Gasteiger charge is -2.33. The van der Waals surface area contributed by atoms with Gasteiger partial charge in [0.05, 0.1) is 11.3 Å². The zero-order chi connectivity index (χ0) is 15.6. The molecule has 1 fully saturated rings. The molecule has 1 saturated heterocycles. The minimum Gasteiger partial charge on any atom is -0.389 e. The Hall–Kier alpha value is -1.76. The number of thiocarbonyl (C=S) groups is 1. The number of nitrogens with two attached hydrogens (primary N) is 2. The smallest absolute Gasteiger partial charge is 0.217 e. The summed E-state index contributed by atoms with van der Waals surface area (Å²) in [7, 11) is 0. The van der Waals surface area contributed by atoms with Gasteiger partial charge in [-0.15, -0.1) is 5.10 Å². The molecule has 1 aromatic rings. The topological polar surface area (TPSA) is 98.1 Å². The van der Waals surface area contributed by atoms with E-state index in [4.69, 9.17) is 23.7 Å². The van der Waals surface area contributed by atoms with E-state index in [0.717, 1.165) is 48.6 Å². The molecule has 0 bridgehead atoms. The van der Waals surface area contributed by atoms with Gasteiger partial charge in [-0.25, -0.2) is 0 Å². The number of carbonyl (C=O) groups excluding carboxylic acids is 1. The molecule has 0 saturated carbocycles. The summed E-state index contributed by atoms with van der Waals surface area (Å²) in [6.07, 6.45) is 2.28. The Morgan fingerprint density at radius 2 is 1.90 bits per heavy atom. The number of aryl methyl sites for hydroxylation is 1. The standard InChI is InChI=1S/C14H21N5OS/c1-8-9(2)17-18-14(12(8)13(16)21)19-5-3-10(4-6-19)7-11(15)20/h10H,3-7H2,1-2H3,(H2,15,20)(H2,16,21). The van der Waals surface area contributed by atoms with Crippen LogP contribution in [0.15, 0.2) is 0 Å². The minimum absolute atomic E-state index is 0.233. The summed E-state index contributed by atoms with van der Waals surface area (Å²) in [5, 5.41) is 8.47. The van der Waals surface area contributed by atoms with Crippen LogP contribution in [0.2, 0.25) is 0 Å². The van der Waals surface area contributed by atoms with Crippen LogP contribution in [0.3, 0.4) is 0 Å². The van der Waals surface area contributed by atoms with Gasteiger partial charge in [-0.05, 0) is 38.2 Å². The number of rotatable bonds is 4. The van der Waals surface area contributed by atoms with Gasteiger partial charge in [-0.2, -0.15) is 5.10 Å². The Labute approximate surface area is 129 Å². The molecule has 1 amide bonds. The third-order valence-corrected chi connectivity index (χ3v) is 4.29. The van der Waals surface area contributed by atoms with E-state index in [1.807, 2.05) is 13.8 Å². The molecular formula is C14H21N5OS. The van der Waals surface area contributed by atoms with Crippen molar-refractivity contribution in [3.05, 3.63) is 16.8 Å². The molecule has 0 aromatic carbocycles. The van der Waals surface area contributed by atoms with E-state index >= 15 is 0 Å².